The lowest BCUT2D eigenvalue weighted by atomic mass is 10.0. The van der Waals surface area contributed by atoms with Gasteiger partial charge in [0.25, 0.3) is 0 Å². The summed E-state index contributed by atoms with van der Waals surface area (Å²) in [7, 11) is 0. The third kappa shape index (κ3) is 2.55. The molecule has 0 bridgehead atoms. The molecule has 2 saturated heterocycles. The zero-order chi connectivity index (χ0) is 13.2. The maximum atomic E-state index is 11.8. The van der Waals surface area contributed by atoms with Gasteiger partial charge in [0.1, 0.15) is 0 Å². The van der Waals surface area contributed by atoms with E-state index in [1.54, 1.807) is 0 Å². The monoisotopic (exact) mass is 260 g/mol. The summed E-state index contributed by atoms with van der Waals surface area (Å²) in [5.41, 5.74) is 1.08. The van der Waals surface area contributed by atoms with E-state index in [9.17, 15) is 4.79 Å². The lowest BCUT2D eigenvalue weighted by molar-refractivity contribution is -0.130. The maximum absolute atomic E-state index is 11.8. The second-order valence-corrected chi connectivity index (χ2v) is 5.47. The van der Waals surface area contributed by atoms with Crippen molar-refractivity contribution in [2.75, 3.05) is 24.5 Å². The molecule has 0 N–H and O–H groups in total. The molecule has 1 aromatic heterocycles. The van der Waals surface area contributed by atoms with Crippen LogP contribution in [0, 0.1) is 6.92 Å². The maximum Gasteiger partial charge on any atom is 0.225 e. The number of piperidine rings is 1. The van der Waals surface area contributed by atoms with Crippen molar-refractivity contribution in [3.63, 3.8) is 0 Å². The zero-order valence-electron chi connectivity index (χ0n) is 11.4. The smallest absolute Gasteiger partial charge is 0.225 e. The Hall–Kier alpha value is -1.65. The van der Waals surface area contributed by atoms with E-state index in [2.05, 4.69) is 19.8 Å². The number of carbonyl (C=O) groups excluding carboxylic acids is 1. The van der Waals surface area contributed by atoms with E-state index in [1.807, 2.05) is 19.3 Å². The fourth-order valence-corrected chi connectivity index (χ4v) is 2.98. The highest BCUT2D eigenvalue weighted by molar-refractivity contribution is 5.78. The second kappa shape index (κ2) is 5.15. The van der Waals surface area contributed by atoms with Gasteiger partial charge in [0.15, 0.2) is 0 Å². The number of hydrogen-bond acceptors (Lipinski definition) is 4. The van der Waals surface area contributed by atoms with Crippen LogP contribution in [0.15, 0.2) is 12.4 Å². The number of aryl methyl sites for hydroxylation is 1. The van der Waals surface area contributed by atoms with E-state index in [4.69, 9.17) is 0 Å². The number of aromatic nitrogens is 2. The number of rotatable bonds is 2. The van der Waals surface area contributed by atoms with Gasteiger partial charge in [-0.2, -0.15) is 0 Å². The van der Waals surface area contributed by atoms with Gasteiger partial charge in [0.05, 0.1) is 0 Å². The van der Waals surface area contributed by atoms with E-state index < -0.39 is 0 Å². The summed E-state index contributed by atoms with van der Waals surface area (Å²) >= 11 is 0. The normalized spacial score (nSPS) is 21.2. The first-order valence-electron chi connectivity index (χ1n) is 7.07. The van der Waals surface area contributed by atoms with Crippen molar-refractivity contribution < 1.29 is 4.79 Å². The third-order valence-corrected chi connectivity index (χ3v) is 4.07. The molecule has 19 heavy (non-hydrogen) atoms. The minimum atomic E-state index is 0.338. The van der Waals surface area contributed by atoms with Crippen molar-refractivity contribution in [3.8, 4) is 0 Å². The molecule has 102 valence electrons. The van der Waals surface area contributed by atoms with Crippen molar-refractivity contribution in [3.05, 3.63) is 18.0 Å². The SMILES string of the molecule is Cc1cnc(N2CCC(N3CCCC3=O)CC2)nc1. The highest BCUT2D eigenvalue weighted by Gasteiger charge is 2.31. The van der Waals surface area contributed by atoms with Crippen molar-refractivity contribution >= 4 is 11.9 Å². The first-order chi connectivity index (χ1) is 9.24. The number of nitrogens with zero attached hydrogens (tertiary/aromatic N) is 4. The molecule has 0 aromatic carbocycles. The van der Waals surface area contributed by atoms with Gasteiger partial charge in [-0.05, 0) is 31.7 Å². The van der Waals surface area contributed by atoms with Crippen molar-refractivity contribution in [2.24, 2.45) is 0 Å². The third-order valence-electron chi connectivity index (χ3n) is 4.07. The van der Waals surface area contributed by atoms with Crippen LogP contribution in [0.3, 0.4) is 0 Å². The summed E-state index contributed by atoms with van der Waals surface area (Å²) in [4.78, 5) is 24.8. The molecule has 0 radical (unpaired) electrons. The summed E-state index contributed by atoms with van der Waals surface area (Å²) in [6, 6.07) is 0.427. The van der Waals surface area contributed by atoms with E-state index in [0.29, 0.717) is 11.9 Å². The van der Waals surface area contributed by atoms with Crippen LogP contribution in [-0.4, -0.2) is 46.5 Å². The molecular formula is C14H20N4O. The van der Waals surface area contributed by atoms with Gasteiger partial charge >= 0.3 is 0 Å². The Morgan fingerprint density at radius 2 is 1.84 bits per heavy atom. The first kappa shape index (κ1) is 12.4. The van der Waals surface area contributed by atoms with Crippen LogP contribution >= 0.6 is 0 Å². The number of hydrogen-bond donors (Lipinski definition) is 0. The van der Waals surface area contributed by atoms with E-state index in [0.717, 1.165) is 56.8 Å². The molecule has 0 aliphatic carbocycles. The Balaban J connectivity index is 1.60. The van der Waals surface area contributed by atoms with Gasteiger partial charge < -0.3 is 9.80 Å². The second-order valence-electron chi connectivity index (χ2n) is 5.47. The minimum absolute atomic E-state index is 0.338. The Bertz CT molecular complexity index is 451. The highest BCUT2D eigenvalue weighted by Crippen LogP contribution is 2.23. The summed E-state index contributed by atoms with van der Waals surface area (Å²) in [5, 5.41) is 0. The Kier molecular flexibility index (Phi) is 3.36. The highest BCUT2D eigenvalue weighted by atomic mass is 16.2. The number of anilines is 1. The van der Waals surface area contributed by atoms with Crippen LogP contribution in [0.4, 0.5) is 5.95 Å². The molecule has 1 amide bonds. The molecule has 2 aliphatic heterocycles. The fourth-order valence-electron chi connectivity index (χ4n) is 2.98. The molecule has 2 aliphatic rings. The van der Waals surface area contributed by atoms with Crippen LogP contribution in [0.1, 0.15) is 31.2 Å². The van der Waals surface area contributed by atoms with Crippen LogP contribution in [0.5, 0.6) is 0 Å². The topological polar surface area (TPSA) is 49.3 Å². The molecule has 5 heteroatoms. The predicted octanol–water partition coefficient (Wildman–Crippen LogP) is 1.38. The number of likely N-dealkylation sites (tertiary alicyclic amines) is 1. The summed E-state index contributed by atoms with van der Waals surface area (Å²) < 4.78 is 0. The average Bonchev–Trinajstić information content (AvgIpc) is 2.86. The molecule has 5 nitrogen and oxygen atoms in total. The average molecular weight is 260 g/mol. The van der Waals surface area contributed by atoms with E-state index in [-0.39, 0.29) is 0 Å². The van der Waals surface area contributed by atoms with E-state index >= 15 is 0 Å². The van der Waals surface area contributed by atoms with Crippen molar-refractivity contribution in [1.82, 2.24) is 14.9 Å². The van der Waals surface area contributed by atoms with Gasteiger partial charge in [-0.15, -0.1) is 0 Å². The fraction of sp³-hybridized carbons (Fsp3) is 0.643. The van der Waals surface area contributed by atoms with Crippen LogP contribution < -0.4 is 4.90 Å². The standard InChI is InChI=1S/C14H20N4O/c1-11-9-15-14(16-10-11)17-7-4-12(5-8-17)18-6-2-3-13(18)19/h9-10,12H,2-8H2,1H3. The molecule has 0 atom stereocenters. The largest absolute Gasteiger partial charge is 0.341 e. The molecule has 0 saturated carbocycles. The molecule has 0 spiro atoms. The Morgan fingerprint density at radius 3 is 2.42 bits per heavy atom. The van der Waals surface area contributed by atoms with Gasteiger partial charge in [-0.3, -0.25) is 4.79 Å². The van der Waals surface area contributed by atoms with Gasteiger partial charge in [0, 0.05) is 44.5 Å². The van der Waals surface area contributed by atoms with Gasteiger partial charge in [-0.1, -0.05) is 0 Å². The minimum Gasteiger partial charge on any atom is -0.341 e. The molecule has 3 heterocycles. The molecule has 3 rings (SSSR count). The number of amides is 1. The van der Waals surface area contributed by atoms with Crippen LogP contribution in [0.2, 0.25) is 0 Å². The molecule has 1 aromatic rings. The lowest BCUT2D eigenvalue weighted by Gasteiger charge is -2.36. The number of carbonyl (C=O) groups is 1. The summed E-state index contributed by atoms with van der Waals surface area (Å²) in [5.74, 6) is 1.15. The summed E-state index contributed by atoms with van der Waals surface area (Å²) in [6.07, 6.45) is 7.55. The lowest BCUT2D eigenvalue weighted by Crippen LogP contribution is -2.45. The quantitative estimate of drug-likeness (QED) is 0.806. The van der Waals surface area contributed by atoms with Crippen LogP contribution in [-0.2, 0) is 4.79 Å². The van der Waals surface area contributed by atoms with Gasteiger partial charge in [0.2, 0.25) is 11.9 Å². The first-order valence-corrected chi connectivity index (χ1v) is 7.07. The Labute approximate surface area is 113 Å². The zero-order valence-corrected chi connectivity index (χ0v) is 11.4. The summed E-state index contributed by atoms with van der Waals surface area (Å²) in [6.45, 7) is 4.83. The molecule has 0 unspecified atom stereocenters. The van der Waals surface area contributed by atoms with Gasteiger partial charge in [-0.25, -0.2) is 9.97 Å². The Morgan fingerprint density at radius 1 is 1.16 bits per heavy atom. The van der Waals surface area contributed by atoms with Crippen molar-refractivity contribution in [1.29, 1.82) is 0 Å². The van der Waals surface area contributed by atoms with Crippen molar-refractivity contribution in [2.45, 2.75) is 38.6 Å². The van der Waals surface area contributed by atoms with E-state index in [1.165, 1.54) is 0 Å². The predicted molar refractivity (Wildman–Crippen MR) is 73.0 cm³/mol. The van der Waals surface area contributed by atoms with Crippen LogP contribution in [0.25, 0.3) is 0 Å². The molecule has 2 fully saturated rings. The molecular weight excluding hydrogens is 240 g/mol.